The van der Waals surface area contributed by atoms with Crippen molar-refractivity contribution in [2.75, 3.05) is 0 Å². The van der Waals surface area contributed by atoms with Crippen LogP contribution in [0.5, 0.6) is 0 Å². The van der Waals surface area contributed by atoms with Crippen molar-refractivity contribution in [1.82, 2.24) is 5.32 Å². The van der Waals surface area contributed by atoms with Crippen LogP contribution < -0.4 is 5.32 Å². The van der Waals surface area contributed by atoms with Crippen molar-refractivity contribution in [2.45, 2.75) is 12.8 Å². The van der Waals surface area contributed by atoms with Crippen molar-refractivity contribution in [3.8, 4) is 0 Å². The van der Waals surface area contributed by atoms with Crippen molar-refractivity contribution in [2.24, 2.45) is 0 Å². The monoisotopic (exact) mass is 119 g/mol. The van der Waals surface area contributed by atoms with Crippen LogP contribution in [0, 0.1) is 0 Å². The maximum atomic E-state index is 10.1. The van der Waals surface area contributed by atoms with Gasteiger partial charge in [-0.1, -0.05) is 0 Å². The number of imide groups is 1. The molecule has 2 amide bonds. The molecule has 1 saturated heterocycles. The second-order valence-corrected chi connectivity index (χ2v) is 1.47. The lowest BCUT2D eigenvalue weighted by Gasteiger charge is -1.79. The highest BCUT2D eigenvalue weighted by atomic mass is 19.0. The second-order valence-electron chi connectivity index (χ2n) is 1.47. The third-order valence-electron chi connectivity index (χ3n) is 0.858. The number of amides is 2. The van der Waals surface area contributed by atoms with Crippen molar-refractivity contribution < 1.29 is 14.3 Å². The van der Waals surface area contributed by atoms with E-state index in [9.17, 15) is 9.59 Å². The van der Waals surface area contributed by atoms with Gasteiger partial charge in [-0.05, 0) is 0 Å². The van der Waals surface area contributed by atoms with Crippen LogP contribution in [0.2, 0.25) is 0 Å². The Morgan fingerprint density at radius 3 is 1.62 bits per heavy atom. The number of nitrogens with one attached hydrogen (secondary N) is 1. The van der Waals surface area contributed by atoms with Crippen LogP contribution in [0.25, 0.3) is 0 Å². The number of halogens is 1. The molecule has 1 heterocycles. The summed E-state index contributed by atoms with van der Waals surface area (Å²) in [5.74, 6) is -0.296. The summed E-state index contributed by atoms with van der Waals surface area (Å²) in [6, 6.07) is 0. The van der Waals surface area contributed by atoms with E-state index >= 15 is 0 Å². The van der Waals surface area contributed by atoms with Crippen LogP contribution in [-0.2, 0) is 9.59 Å². The van der Waals surface area contributed by atoms with E-state index in [0.717, 1.165) is 0 Å². The van der Waals surface area contributed by atoms with Crippen molar-refractivity contribution in [1.29, 1.82) is 0 Å². The molecule has 1 aliphatic heterocycles. The van der Waals surface area contributed by atoms with Crippen molar-refractivity contribution >= 4 is 11.8 Å². The molecule has 1 fully saturated rings. The molecule has 4 heteroatoms. The Morgan fingerprint density at radius 1 is 1.12 bits per heavy atom. The first-order valence-corrected chi connectivity index (χ1v) is 2.12. The molecule has 0 atom stereocenters. The first-order chi connectivity index (χ1) is 3.29. The minimum absolute atomic E-state index is 0. The van der Waals surface area contributed by atoms with Crippen LogP contribution in [0.4, 0.5) is 4.70 Å². The van der Waals surface area contributed by atoms with E-state index in [4.69, 9.17) is 0 Å². The van der Waals surface area contributed by atoms with Gasteiger partial charge < -0.3 is 0 Å². The lowest BCUT2D eigenvalue weighted by Crippen LogP contribution is -2.18. The van der Waals surface area contributed by atoms with E-state index in [-0.39, 0.29) is 16.5 Å². The van der Waals surface area contributed by atoms with E-state index in [0.29, 0.717) is 12.8 Å². The van der Waals surface area contributed by atoms with Crippen LogP contribution >= 0.6 is 0 Å². The molecule has 0 aromatic heterocycles. The summed E-state index contributed by atoms with van der Waals surface area (Å²) in [6.07, 6.45) is 0.748. The molecule has 0 saturated carbocycles. The molecule has 0 aromatic rings. The topological polar surface area (TPSA) is 46.2 Å². The predicted molar refractivity (Wildman–Crippen MR) is 24.9 cm³/mol. The van der Waals surface area contributed by atoms with Gasteiger partial charge in [-0.25, -0.2) is 0 Å². The van der Waals surface area contributed by atoms with Gasteiger partial charge in [-0.3, -0.25) is 19.6 Å². The van der Waals surface area contributed by atoms with Crippen LogP contribution in [0.3, 0.4) is 0 Å². The smallest absolute Gasteiger partial charge is 0.227 e. The van der Waals surface area contributed by atoms with Crippen LogP contribution in [0.15, 0.2) is 0 Å². The number of carbonyl (C=O) groups excluding carboxylic acids is 2. The van der Waals surface area contributed by atoms with Gasteiger partial charge in [0.15, 0.2) is 0 Å². The minimum atomic E-state index is -0.148. The Morgan fingerprint density at radius 2 is 1.50 bits per heavy atom. The van der Waals surface area contributed by atoms with E-state index < -0.39 is 0 Å². The molecule has 0 aromatic carbocycles. The molecular weight excluding hydrogens is 113 g/mol. The Labute approximate surface area is 45.4 Å². The SMILES string of the molecule is F.O=C1CCC(=O)N1. The molecule has 0 aliphatic carbocycles. The molecule has 8 heavy (non-hydrogen) atoms. The molecule has 0 spiro atoms. The first-order valence-electron chi connectivity index (χ1n) is 2.12. The zero-order chi connectivity index (χ0) is 5.28. The first kappa shape index (κ1) is 7.07. The molecule has 0 unspecified atom stereocenters. The fourth-order valence-electron chi connectivity index (χ4n) is 0.508. The van der Waals surface area contributed by atoms with E-state index in [1.165, 1.54) is 0 Å². The molecule has 1 N–H and O–H groups in total. The Hall–Kier alpha value is -0.930. The van der Waals surface area contributed by atoms with Gasteiger partial charge in [0.25, 0.3) is 0 Å². The fourth-order valence-corrected chi connectivity index (χ4v) is 0.508. The molecule has 0 bridgehead atoms. The third kappa shape index (κ3) is 1.29. The zero-order valence-electron chi connectivity index (χ0n) is 4.14. The van der Waals surface area contributed by atoms with Gasteiger partial charge in [0.05, 0.1) is 0 Å². The normalized spacial score (nSPS) is 17.5. The molecule has 0 radical (unpaired) electrons. The lowest BCUT2D eigenvalue weighted by atomic mass is 10.4. The number of hydrogen-bond acceptors (Lipinski definition) is 2. The van der Waals surface area contributed by atoms with Gasteiger partial charge in [0, 0.05) is 12.8 Å². The standard InChI is InChI=1S/C4H5NO2.FH/c6-3-1-2-4(7)5-3;/h1-2H2,(H,5,6,7);1H. The number of hydrogen-bond donors (Lipinski definition) is 1. The van der Waals surface area contributed by atoms with Crippen LogP contribution in [0.1, 0.15) is 12.8 Å². The minimum Gasteiger partial charge on any atom is -0.296 e. The Kier molecular flexibility index (Phi) is 2.12. The summed E-state index contributed by atoms with van der Waals surface area (Å²) in [4.78, 5) is 20.2. The molecule has 46 valence electrons. The highest BCUT2D eigenvalue weighted by Crippen LogP contribution is 1.95. The maximum Gasteiger partial charge on any atom is 0.227 e. The molecule has 1 aliphatic rings. The predicted octanol–water partition coefficient (Wildman–Crippen LogP) is -0.425. The summed E-state index contributed by atoms with van der Waals surface area (Å²) in [7, 11) is 0. The molecular formula is C4H6FNO2. The van der Waals surface area contributed by atoms with Crippen molar-refractivity contribution in [3.63, 3.8) is 0 Å². The Bertz CT molecular complexity index is 109. The van der Waals surface area contributed by atoms with E-state index in [2.05, 4.69) is 5.32 Å². The average molecular weight is 119 g/mol. The summed E-state index contributed by atoms with van der Waals surface area (Å²) >= 11 is 0. The number of carbonyl (C=O) groups is 2. The van der Waals surface area contributed by atoms with Gasteiger partial charge >= 0.3 is 0 Å². The molecule has 3 nitrogen and oxygen atoms in total. The van der Waals surface area contributed by atoms with E-state index in [1.54, 1.807) is 0 Å². The van der Waals surface area contributed by atoms with Gasteiger partial charge in [-0.2, -0.15) is 0 Å². The average Bonchev–Trinajstić information content (AvgIpc) is 1.87. The Balaban J connectivity index is 0.000000490. The quantitative estimate of drug-likeness (QED) is 0.440. The largest absolute Gasteiger partial charge is 0.296 e. The highest BCUT2D eigenvalue weighted by Gasteiger charge is 2.15. The zero-order valence-corrected chi connectivity index (χ0v) is 4.14. The maximum absolute atomic E-state index is 10.1. The van der Waals surface area contributed by atoms with Gasteiger partial charge in [0.1, 0.15) is 0 Å². The lowest BCUT2D eigenvalue weighted by molar-refractivity contribution is -0.124. The summed E-state index contributed by atoms with van der Waals surface area (Å²) < 4.78 is 0. The third-order valence-corrected chi connectivity index (χ3v) is 0.858. The van der Waals surface area contributed by atoms with Crippen LogP contribution in [-0.4, -0.2) is 11.8 Å². The summed E-state index contributed by atoms with van der Waals surface area (Å²) in [5, 5.41) is 2.14. The summed E-state index contributed by atoms with van der Waals surface area (Å²) in [6.45, 7) is 0. The summed E-state index contributed by atoms with van der Waals surface area (Å²) in [5.41, 5.74) is 0. The highest BCUT2D eigenvalue weighted by molar-refractivity contribution is 6.01. The second kappa shape index (κ2) is 2.40. The van der Waals surface area contributed by atoms with Gasteiger partial charge in [0.2, 0.25) is 11.8 Å². The van der Waals surface area contributed by atoms with Gasteiger partial charge in [-0.15, -0.1) is 0 Å². The van der Waals surface area contributed by atoms with Crippen molar-refractivity contribution in [3.05, 3.63) is 0 Å². The van der Waals surface area contributed by atoms with E-state index in [1.807, 2.05) is 0 Å². The molecule has 1 rings (SSSR count). The fraction of sp³-hybridized carbons (Fsp3) is 0.500. The number of rotatable bonds is 0.